The molecule has 1 aromatic heterocycles. The van der Waals surface area contributed by atoms with Crippen molar-refractivity contribution in [1.82, 2.24) is 5.32 Å². The molecule has 25 heavy (non-hydrogen) atoms. The lowest BCUT2D eigenvalue weighted by Gasteiger charge is -2.06. The van der Waals surface area contributed by atoms with Gasteiger partial charge >= 0.3 is 0 Å². The van der Waals surface area contributed by atoms with Gasteiger partial charge < -0.3 is 14.5 Å². The van der Waals surface area contributed by atoms with E-state index in [1.54, 1.807) is 6.26 Å². The number of furan rings is 1. The third kappa shape index (κ3) is 3.38. The normalized spacial score (nSPS) is 18.9. The van der Waals surface area contributed by atoms with E-state index < -0.39 is 0 Å². The molecule has 3 aromatic rings. The number of ether oxygens (including phenoxy) is 1. The van der Waals surface area contributed by atoms with Gasteiger partial charge in [-0.2, -0.15) is 0 Å². The maximum atomic E-state index is 12.3. The van der Waals surface area contributed by atoms with E-state index in [4.69, 9.17) is 9.15 Å². The fourth-order valence-electron chi connectivity index (χ4n) is 3.30. The summed E-state index contributed by atoms with van der Waals surface area (Å²) in [5.41, 5.74) is 3.01. The van der Waals surface area contributed by atoms with Crippen molar-refractivity contribution in [2.75, 3.05) is 6.61 Å². The highest BCUT2D eigenvalue weighted by Crippen LogP contribution is 2.41. The van der Waals surface area contributed by atoms with Crippen molar-refractivity contribution in [3.8, 4) is 5.75 Å². The summed E-state index contributed by atoms with van der Waals surface area (Å²) in [6, 6.07) is 16.2. The van der Waals surface area contributed by atoms with E-state index in [0.29, 0.717) is 18.9 Å². The standard InChI is InChI=1S/C21H21NO3/c1-2-24-16-9-7-14(8-10-16)18-12-19(18)22-21(23)11-15-13-25-20-6-4-3-5-17(15)20/h3-10,13,18-19H,2,11-12H2,1H3,(H,22,23)/t18-,19+/m0/s1. The van der Waals surface area contributed by atoms with Crippen LogP contribution in [0.4, 0.5) is 0 Å². The summed E-state index contributed by atoms with van der Waals surface area (Å²) in [5.74, 6) is 1.34. The van der Waals surface area contributed by atoms with E-state index >= 15 is 0 Å². The van der Waals surface area contributed by atoms with Crippen molar-refractivity contribution < 1.29 is 13.9 Å². The molecule has 0 radical (unpaired) electrons. The molecule has 0 saturated heterocycles. The Hall–Kier alpha value is -2.75. The number of rotatable bonds is 6. The van der Waals surface area contributed by atoms with Crippen molar-refractivity contribution in [3.63, 3.8) is 0 Å². The summed E-state index contributed by atoms with van der Waals surface area (Å²) < 4.78 is 11.0. The summed E-state index contributed by atoms with van der Waals surface area (Å²) in [6.45, 7) is 2.65. The molecule has 1 amide bonds. The van der Waals surface area contributed by atoms with Crippen LogP contribution in [0.2, 0.25) is 0 Å². The van der Waals surface area contributed by atoms with Crippen molar-refractivity contribution in [2.45, 2.75) is 31.7 Å². The molecule has 1 heterocycles. The Kier molecular flexibility index (Phi) is 4.18. The minimum Gasteiger partial charge on any atom is -0.494 e. The zero-order valence-electron chi connectivity index (χ0n) is 14.2. The van der Waals surface area contributed by atoms with E-state index in [1.807, 2.05) is 43.3 Å². The topological polar surface area (TPSA) is 51.5 Å². The molecule has 0 spiro atoms. The van der Waals surface area contributed by atoms with Gasteiger partial charge in [-0.3, -0.25) is 4.79 Å². The van der Waals surface area contributed by atoms with Crippen molar-refractivity contribution in [1.29, 1.82) is 0 Å². The van der Waals surface area contributed by atoms with Gasteiger partial charge in [-0.1, -0.05) is 30.3 Å². The zero-order chi connectivity index (χ0) is 17.2. The molecule has 0 aliphatic heterocycles. The Bertz CT molecular complexity index is 882. The molecule has 2 aromatic carbocycles. The van der Waals surface area contributed by atoms with E-state index in [2.05, 4.69) is 17.4 Å². The van der Waals surface area contributed by atoms with E-state index in [-0.39, 0.29) is 11.9 Å². The molecule has 128 valence electrons. The van der Waals surface area contributed by atoms with Crippen LogP contribution in [0.5, 0.6) is 5.75 Å². The highest BCUT2D eigenvalue weighted by Gasteiger charge is 2.39. The van der Waals surface area contributed by atoms with Crippen LogP contribution in [0, 0.1) is 0 Å². The highest BCUT2D eigenvalue weighted by atomic mass is 16.5. The Balaban J connectivity index is 1.35. The first-order valence-corrected chi connectivity index (χ1v) is 8.72. The third-order valence-corrected chi connectivity index (χ3v) is 4.67. The number of benzene rings is 2. The third-order valence-electron chi connectivity index (χ3n) is 4.67. The second-order valence-corrected chi connectivity index (χ2v) is 6.45. The number of carbonyl (C=O) groups is 1. The fraction of sp³-hybridized carbons (Fsp3) is 0.286. The van der Waals surface area contributed by atoms with Gasteiger partial charge in [-0.15, -0.1) is 0 Å². The van der Waals surface area contributed by atoms with Crippen LogP contribution in [-0.2, 0) is 11.2 Å². The number of carbonyl (C=O) groups excluding carboxylic acids is 1. The number of hydrogen-bond acceptors (Lipinski definition) is 3. The first-order chi connectivity index (χ1) is 12.2. The molecule has 1 aliphatic carbocycles. The zero-order valence-corrected chi connectivity index (χ0v) is 14.2. The molecular formula is C21H21NO3. The molecule has 4 heteroatoms. The average molecular weight is 335 g/mol. The van der Waals surface area contributed by atoms with Gasteiger partial charge in [0, 0.05) is 22.9 Å². The minimum absolute atomic E-state index is 0.0463. The molecule has 0 bridgehead atoms. The quantitative estimate of drug-likeness (QED) is 0.739. The number of fused-ring (bicyclic) bond motifs is 1. The Morgan fingerprint density at radius 1 is 1.20 bits per heavy atom. The summed E-state index contributed by atoms with van der Waals surface area (Å²) >= 11 is 0. The van der Waals surface area contributed by atoms with Crippen LogP contribution < -0.4 is 10.1 Å². The van der Waals surface area contributed by atoms with Crippen molar-refractivity contribution in [3.05, 3.63) is 65.9 Å². The summed E-state index contributed by atoms with van der Waals surface area (Å²) in [5, 5.41) is 4.14. The highest BCUT2D eigenvalue weighted by molar-refractivity contribution is 5.87. The van der Waals surface area contributed by atoms with Crippen LogP contribution in [0.25, 0.3) is 11.0 Å². The number of para-hydroxylation sites is 1. The van der Waals surface area contributed by atoms with Gasteiger partial charge in [0.25, 0.3) is 0 Å². The number of nitrogens with one attached hydrogen (secondary N) is 1. The second-order valence-electron chi connectivity index (χ2n) is 6.45. The fourth-order valence-corrected chi connectivity index (χ4v) is 3.30. The SMILES string of the molecule is CCOc1ccc([C@@H]2C[C@H]2NC(=O)Cc2coc3ccccc23)cc1. The van der Waals surface area contributed by atoms with Crippen LogP contribution in [0.1, 0.15) is 30.4 Å². The molecule has 1 aliphatic rings. The van der Waals surface area contributed by atoms with E-state index in [9.17, 15) is 4.79 Å². The lowest BCUT2D eigenvalue weighted by Crippen LogP contribution is -2.28. The molecule has 1 fully saturated rings. The maximum absolute atomic E-state index is 12.3. The van der Waals surface area contributed by atoms with Crippen LogP contribution in [0.3, 0.4) is 0 Å². The maximum Gasteiger partial charge on any atom is 0.224 e. The van der Waals surface area contributed by atoms with Crippen molar-refractivity contribution >= 4 is 16.9 Å². The predicted octanol–water partition coefficient (Wildman–Crippen LogP) is 4.05. The van der Waals surface area contributed by atoms with E-state index in [0.717, 1.165) is 28.7 Å². The van der Waals surface area contributed by atoms with Crippen LogP contribution >= 0.6 is 0 Å². The minimum atomic E-state index is 0.0463. The molecule has 4 rings (SSSR count). The summed E-state index contributed by atoms with van der Waals surface area (Å²) in [7, 11) is 0. The van der Waals surface area contributed by atoms with Gasteiger partial charge in [-0.25, -0.2) is 0 Å². The predicted molar refractivity (Wildman–Crippen MR) is 96.8 cm³/mol. The Labute approximate surface area is 146 Å². The average Bonchev–Trinajstić information content (AvgIpc) is 3.27. The van der Waals surface area contributed by atoms with Crippen molar-refractivity contribution in [2.24, 2.45) is 0 Å². The molecule has 0 unspecified atom stereocenters. The first-order valence-electron chi connectivity index (χ1n) is 8.72. The second kappa shape index (κ2) is 6.63. The summed E-state index contributed by atoms with van der Waals surface area (Å²) in [4.78, 5) is 12.3. The van der Waals surface area contributed by atoms with Gasteiger partial charge in [0.15, 0.2) is 0 Å². The summed E-state index contributed by atoms with van der Waals surface area (Å²) in [6.07, 6.45) is 3.02. The molecule has 1 N–H and O–H groups in total. The van der Waals surface area contributed by atoms with E-state index in [1.165, 1.54) is 5.56 Å². The Morgan fingerprint density at radius 3 is 2.80 bits per heavy atom. The van der Waals surface area contributed by atoms with Gasteiger partial charge in [0.2, 0.25) is 5.91 Å². The van der Waals surface area contributed by atoms with Gasteiger partial charge in [0.1, 0.15) is 11.3 Å². The van der Waals surface area contributed by atoms with Crippen LogP contribution in [-0.4, -0.2) is 18.6 Å². The monoisotopic (exact) mass is 335 g/mol. The van der Waals surface area contributed by atoms with Gasteiger partial charge in [0.05, 0.1) is 19.3 Å². The molecule has 2 atom stereocenters. The van der Waals surface area contributed by atoms with Crippen LogP contribution in [0.15, 0.2) is 59.2 Å². The Morgan fingerprint density at radius 2 is 2.00 bits per heavy atom. The van der Waals surface area contributed by atoms with Gasteiger partial charge in [-0.05, 0) is 37.1 Å². The number of hydrogen-bond donors (Lipinski definition) is 1. The molecule has 1 saturated carbocycles. The molecular weight excluding hydrogens is 314 g/mol. The smallest absolute Gasteiger partial charge is 0.224 e. The first kappa shape index (κ1) is 15.8. The number of amides is 1. The lowest BCUT2D eigenvalue weighted by atomic mass is 10.1. The molecule has 4 nitrogen and oxygen atoms in total. The lowest BCUT2D eigenvalue weighted by molar-refractivity contribution is -0.120. The largest absolute Gasteiger partial charge is 0.494 e.